The van der Waals surface area contributed by atoms with Crippen molar-refractivity contribution >= 4 is 17.4 Å². The first-order valence-electron chi connectivity index (χ1n) is 8.61. The fraction of sp³-hybridized carbons (Fsp3) is 0.588. The molecule has 1 aliphatic heterocycles. The fourth-order valence-corrected chi connectivity index (χ4v) is 3.96. The van der Waals surface area contributed by atoms with Gasteiger partial charge in [-0.05, 0) is 18.8 Å². The number of piperidine rings is 1. The number of nitrogens with one attached hydrogen (secondary N) is 1. The first-order valence-corrected chi connectivity index (χ1v) is 9.42. The van der Waals surface area contributed by atoms with Crippen molar-refractivity contribution in [2.45, 2.75) is 39.2 Å². The van der Waals surface area contributed by atoms with E-state index in [-0.39, 0.29) is 6.03 Å². The third-order valence-corrected chi connectivity index (χ3v) is 5.88. The van der Waals surface area contributed by atoms with Crippen LogP contribution in [0.5, 0.6) is 0 Å². The van der Waals surface area contributed by atoms with Crippen LogP contribution >= 0.6 is 11.3 Å². The van der Waals surface area contributed by atoms with Crippen molar-refractivity contribution in [3.63, 3.8) is 0 Å². The number of aromatic nitrogens is 3. The SMILES string of the molecule is CCc1cnc(CCNC(=O)N2CCC(C)C(n3ccnc3)C2)s1. The van der Waals surface area contributed by atoms with E-state index < -0.39 is 0 Å². The lowest BCUT2D eigenvalue weighted by atomic mass is 9.93. The molecule has 2 aromatic heterocycles. The molecule has 0 radical (unpaired) electrons. The molecule has 2 atom stereocenters. The summed E-state index contributed by atoms with van der Waals surface area (Å²) < 4.78 is 2.12. The van der Waals surface area contributed by atoms with Gasteiger partial charge in [-0.3, -0.25) is 0 Å². The molecule has 0 saturated carbocycles. The molecule has 2 unspecified atom stereocenters. The van der Waals surface area contributed by atoms with Crippen LogP contribution < -0.4 is 5.32 Å². The molecule has 3 rings (SSSR count). The van der Waals surface area contributed by atoms with E-state index in [9.17, 15) is 4.79 Å². The molecule has 1 fully saturated rings. The summed E-state index contributed by atoms with van der Waals surface area (Å²) in [4.78, 5) is 24.2. The van der Waals surface area contributed by atoms with Gasteiger partial charge in [-0.25, -0.2) is 14.8 Å². The molecule has 0 aromatic carbocycles. The zero-order chi connectivity index (χ0) is 16.9. The number of aryl methyl sites for hydroxylation is 1. The largest absolute Gasteiger partial charge is 0.338 e. The van der Waals surface area contributed by atoms with Crippen molar-refractivity contribution in [3.8, 4) is 0 Å². The van der Waals surface area contributed by atoms with E-state index in [0.717, 1.165) is 37.4 Å². The Bertz CT molecular complexity index is 654. The van der Waals surface area contributed by atoms with Crippen molar-refractivity contribution in [2.24, 2.45) is 5.92 Å². The summed E-state index contributed by atoms with van der Waals surface area (Å²) in [5.74, 6) is 0.547. The van der Waals surface area contributed by atoms with Crippen LogP contribution in [0, 0.1) is 5.92 Å². The molecule has 0 bridgehead atoms. The Morgan fingerprint density at radius 2 is 2.38 bits per heavy atom. The van der Waals surface area contributed by atoms with Gasteiger partial charge >= 0.3 is 6.03 Å². The third kappa shape index (κ3) is 3.95. The summed E-state index contributed by atoms with van der Waals surface area (Å²) in [6.45, 7) is 6.56. The maximum absolute atomic E-state index is 12.4. The number of urea groups is 1. The maximum Gasteiger partial charge on any atom is 0.317 e. The topological polar surface area (TPSA) is 63.1 Å². The highest BCUT2D eigenvalue weighted by atomic mass is 32.1. The lowest BCUT2D eigenvalue weighted by molar-refractivity contribution is 0.140. The second-order valence-electron chi connectivity index (χ2n) is 6.35. The zero-order valence-electron chi connectivity index (χ0n) is 14.3. The van der Waals surface area contributed by atoms with Gasteiger partial charge in [-0.2, -0.15) is 0 Å². The van der Waals surface area contributed by atoms with E-state index in [1.807, 2.05) is 23.6 Å². The summed E-state index contributed by atoms with van der Waals surface area (Å²) >= 11 is 1.73. The highest BCUT2D eigenvalue weighted by Gasteiger charge is 2.29. The van der Waals surface area contributed by atoms with E-state index in [1.54, 1.807) is 17.5 Å². The molecule has 24 heavy (non-hydrogen) atoms. The predicted octanol–water partition coefficient (Wildman–Crippen LogP) is 2.74. The minimum absolute atomic E-state index is 0.0271. The van der Waals surface area contributed by atoms with E-state index in [4.69, 9.17) is 0 Å². The Hall–Kier alpha value is -1.89. The molecule has 1 N–H and O–H groups in total. The number of nitrogens with zero attached hydrogens (tertiary/aromatic N) is 4. The Morgan fingerprint density at radius 1 is 1.50 bits per heavy atom. The minimum atomic E-state index is 0.0271. The maximum atomic E-state index is 12.4. The van der Waals surface area contributed by atoms with Crippen molar-refractivity contribution in [1.82, 2.24) is 24.8 Å². The molecule has 7 heteroatoms. The van der Waals surface area contributed by atoms with Crippen LogP contribution in [-0.4, -0.2) is 45.1 Å². The molecule has 0 aliphatic carbocycles. The molecule has 1 saturated heterocycles. The van der Waals surface area contributed by atoms with Gasteiger partial charge in [0.1, 0.15) is 0 Å². The van der Waals surface area contributed by atoms with Gasteiger partial charge in [0.05, 0.1) is 17.4 Å². The Labute approximate surface area is 146 Å². The van der Waals surface area contributed by atoms with Crippen molar-refractivity contribution in [3.05, 3.63) is 34.8 Å². The van der Waals surface area contributed by atoms with Crippen LogP contribution in [0.2, 0.25) is 0 Å². The van der Waals surface area contributed by atoms with E-state index in [0.29, 0.717) is 18.5 Å². The first kappa shape index (κ1) is 17.0. The summed E-state index contributed by atoms with van der Waals surface area (Å²) in [6, 6.07) is 0.331. The highest BCUT2D eigenvalue weighted by Crippen LogP contribution is 2.27. The van der Waals surface area contributed by atoms with Gasteiger partial charge in [0.15, 0.2) is 0 Å². The summed E-state index contributed by atoms with van der Waals surface area (Å²) in [5, 5.41) is 4.13. The predicted molar refractivity (Wildman–Crippen MR) is 95.2 cm³/mol. The monoisotopic (exact) mass is 347 g/mol. The molecule has 2 aromatic rings. The van der Waals surface area contributed by atoms with Crippen LogP contribution in [0.25, 0.3) is 0 Å². The van der Waals surface area contributed by atoms with Crippen LogP contribution in [0.3, 0.4) is 0 Å². The second-order valence-corrected chi connectivity index (χ2v) is 7.54. The highest BCUT2D eigenvalue weighted by molar-refractivity contribution is 7.11. The van der Waals surface area contributed by atoms with Crippen LogP contribution in [0.4, 0.5) is 4.79 Å². The standard InChI is InChI=1S/C17H25N5OS/c1-3-14-10-20-16(24-14)4-6-19-17(23)21-8-5-13(2)15(11-21)22-9-7-18-12-22/h7,9-10,12-13,15H,3-6,8,11H2,1-2H3,(H,19,23). The number of thiazole rings is 1. The van der Waals surface area contributed by atoms with Gasteiger partial charge in [0.2, 0.25) is 0 Å². The summed E-state index contributed by atoms with van der Waals surface area (Å²) in [7, 11) is 0. The number of likely N-dealkylation sites (tertiary alicyclic amines) is 1. The molecule has 0 spiro atoms. The number of amides is 2. The number of rotatable bonds is 5. The van der Waals surface area contributed by atoms with Gasteiger partial charge in [-0.15, -0.1) is 11.3 Å². The lowest BCUT2D eigenvalue weighted by Gasteiger charge is -2.37. The van der Waals surface area contributed by atoms with Gasteiger partial charge in [0.25, 0.3) is 0 Å². The van der Waals surface area contributed by atoms with Crippen molar-refractivity contribution < 1.29 is 4.79 Å². The molecule has 1 aliphatic rings. The normalized spacial score (nSPS) is 21.0. The van der Waals surface area contributed by atoms with Crippen molar-refractivity contribution in [1.29, 1.82) is 0 Å². The molecular formula is C17H25N5OS. The van der Waals surface area contributed by atoms with Gasteiger partial charge in [0, 0.05) is 49.5 Å². The molecule has 3 heterocycles. The second kappa shape index (κ2) is 7.79. The molecule has 6 nitrogen and oxygen atoms in total. The summed E-state index contributed by atoms with van der Waals surface area (Å²) in [6.07, 6.45) is 10.4. The third-order valence-electron chi connectivity index (χ3n) is 4.68. The summed E-state index contributed by atoms with van der Waals surface area (Å²) in [5.41, 5.74) is 0. The average Bonchev–Trinajstić information content (AvgIpc) is 3.26. The fourth-order valence-electron chi connectivity index (χ4n) is 3.10. The quantitative estimate of drug-likeness (QED) is 0.904. The zero-order valence-corrected chi connectivity index (χ0v) is 15.1. The number of carbonyl (C=O) groups is 1. The first-order chi connectivity index (χ1) is 11.7. The smallest absolute Gasteiger partial charge is 0.317 e. The van der Waals surface area contributed by atoms with Crippen LogP contribution in [0.15, 0.2) is 24.9 Å². The number of carbonyl (C=O) groups excluding carboxylic acids is 1. The van der Waals surface area contributed by atoms with E-state index >= 15 is 0 Å². The van der Waals surface area contributed by atoms with E-state index in [2.05, 4.69) is 33.7 Å². The number of hydrogen-bond donors (Lipinski definition) is 1. The molecule has 2 amide bonds. The van der Waals surface area contributed by atoms with Crippen LogP contribution in [-0.2, 0) is 12.8 Å². The Kier molecular flexibility index (Phi) is 5.50. The Morgan fingerprint density at radius 3 is 3.08 bits per heavy atom. The minimum Gasteiger partial charge on any atom is -0.338 e. The van der Waals surface area contributed by atoms with Crippen LogP contribution in [0.1, 0.15) is 36.2 Å². The van der Waals surface area contributed by atoms with E-state index in [1.165, 1.54) is 4.88 Å². The van der Waals surface area contributed by atoms with Gasteiger partial charge < -0.3 is 14.8 Å². The van der Waals surface area contributed by atoms with Gasteiger partial charge in [-0.1, -0.05) is 13.8 Å². The van der Waals surface area contributed by atoms with Crippen molar-refractivity contribution in [2.75, 3.05) is 19.6 Å². The number of imidazole rings is 1. The average molecular weight is 347 g/mol. The number of hydrogen-bond acceptors (Lipinski definition) is 4. The Balaban J connectivity index is 1.49. The lowest BCUT2D eigenvalue weighted by Crippen LogP contribution is -2.48. The molecule has 130 valence electrons. The molecular weight excluding hydrogens is 322 g/mol.